The monoisotopic (exact) mass is 294 g/mol. The lowest BCUT2D eigenvalue weighted by atomic mass is 9.94. The molecule has 0 aliphatic heterocycles. The average molecular weight is 294 g/mol. The molecule has 1 saturated carbocycles. The van der Waals surface area contributed by atoms with Gasteiger partial charge in [0.1, 0.15) is 5.82 Å². The van der Waals surface area contributed by atoms with E-state index >= 15 is 0 Å². The number of hydrogen-bond acceptors (Lipinski definition) is 6. The fourth-order valence-electron chi connectivity index (χ4n) is 2.44. The van der Waals surface area contributed by atoms with E-state index in [1.807, 2.05) is 6.92 Å². The minimum Gasteiger partial charge on any atom is -0.477 e. The summed E-state index contributed by atoms with van der Waals surface area (Å²) < 4.78 is 11.2. The van der Waals surface area contributed by atoms with Crippen LogP contribution in [-0.2, 0) is 4.74 Å². The van der Waals surface area contributed by atoms with Crippen molar-refractivity contribution >= 4 is 5.82 Å². The Kier molecular flexibility index (Phi) is 6.69. The Morgan fingerprint density at radius 3 is 2.86 bits per heavy atom. The molecule has 1 aliphatic rings. The summed E-state index contributed by atoms with van der Waals surface area (Å²) in [6, 6.07) is 0.378. The second kappa shape index (κ2) is 8.79. The highest BCUT2D eigenvalue weighted by molar-refractivity contribution is 5.32. The first-order valence-corrected chi connectivity index (χ1v) is 7.84. The van der Waals surface area contributed by atoms with E-state index in [4.69, 9.17) is 15.2 Å². The maximum absolute atomic E-state index is 5.88. The molecule has 0 radical (unpaired) electrons. The first kappa shape index (κ1) is 16.0. The highest BCUT2D eigenvalue weighted by Gasteiger charge is 2.18. The van der Waals surface area contributed by atoms with Crippen LogP contribution in [0.25, 0.3) is 0 Å². The van der Waals surface area contributed by atoms with E-state index in [-0.39, 0.29) is 0 Å². The van der Waals surface area contributed by atoms with Gasteiger partial charge >= 0.3 is 0 Å². The zero-order valence-corrected chi connectivity index (χ0v) is 12.8. The third-order valence-electron chi connectivity index (χ3n) is 3.60. The van der Waals surface area contributed by atoms with Crippen molar-refractivity contribution in [2.75, 3.05) is 25.1 Å². The maximum Gasteiger partial charge on any atom is 0.234 e. The molecule has 1 aliphatic carbocycles. The number of aromatic nitrogens is 2. The molecule has 0 aromatic carbocycles. The molecule has 6 heteroatoms. The normalized spacial score (nSPS) is 22.0. The van der Waals surface area contributed by atoms with Gasteiger partial charge in [-0.1, -0.05) is 0 Å². The number of nitrogens with two attached hydrogens (primary N) is 1. The number of hydrogen-bond donors (Lipinski definition) is 2. The lowest BCUT2D eigenvalue weighted by Crippen LogP contribution is -2.30. The van der Waals surface area contributed by atoms with Gasteiger partial charge in [-0.2, -0.15) is 4.98 Å². The largest absolute Gasteiger partial charge is 0.477 e. The van der Waals surface area contributed by atoms with Crippen LogP contribution in [0.2, 0.25) is 0 Å². The van der Waals surface area contributed by atoms with E-state index in [0.29, 0.717) is 24.6 Å². The van der Waals surface area contributed by atoms with Crippen molar-refractivity contribution in [3.05, 3.63) is 12.4 Å². The first-order valence-electron chi connectivity index (χ1n) is 7.84. The third-order valence-corrected chi connectivity index (χ3v) is 3.60. The fourth-order valence-corrected chi connectivity index (χ4v) is 2.44. The van der Waals surface area contributed by atoms with Crippen molar-refractivity contribution in [3.63, 3.8) is 0 Å². The van der Waals surface area contributed by atoms with Gasteiger partial charge in [0, 0.05) is 19.2 Å². The molecule has 6 nitrogen and oxygen atoms in total. The molecule has 1 fully saturated rings. The van der Waals surface area contributed by atoms with E-state index in [0.717, 1.165) is 51.1 Å². The van der Waals surface area contributed by atoms with Crippen LogP contribution in [0, 0.1) is 0 Å². The van der Waals surface area contributed by atoms with Crippen molar-refractivity contribution in [1.82, 2.24) is 9.97 Å². The Balaban J connectivity index is 1.58. The summed E-state index contributed by atoms with van der Waals surface area (Å²) in [5.41, 5.74) is 5.88. The molecule has 0 atom stereocenters. The number of anilines is 1. The third kappa shape index (κ3) is 5.85. The quantitative estimate of drug-likeness (QED) is 0.713. The predicted octanol–water partition coefficient (Wildman–Crippen LogP) is 1.96. The van der Waals surface area contributed by atoms with Crippen molar-refractivity contribution in [2.24, 2.45) is 5.73 Å². The van der Waals surface area contributed by atoms with Gasteiger partial charge in [-0.15, -0.1) is 0 Å². The molecule has 2 rings (SSSR count). The lowest BCUT2D eigenvalue weighted by molar-refractivity contribution is 0.0251. The molecule has 3 N–H and O–H groups in total. The van der Waals surface area contributed by atoms with Crippen LogP contribution in [0.1, 0.15) is 39.0 Å². The summed E-state index contributed by atoms with van der Waals surface area (Å²) in [4.78, 5) is 8.40. The molecular formula is C15H26N4O2. The molecule has 0 unspecified atom stereocenters. The summed E-state index contributed by atoms with van der Waals surface area (Å²) in [6.45, 7) is 4.11. The van der Waals surface area contributed by atoms with Gasteiger partial charge in [0.25, 0.3) is 0 Å². The van der Waals surface area contributed by atoms with Gasteiger partial charge in [0.2, 0.25) is 5.88 Å². The van der Waals surface area contributed by atoms with E-state index in [1.54, 1.807) is 12.4 Å². The average Bonchev–Trinajstić information content (AvgIpc) is 2.50. The molecule has 118 valence electrons. The van der Waals surface area contributed by atoms with Crippen LogP contribution in [-0.4, -0.2) is 41.9 Å². The SMILES string of the molecule is CCOc1cncc(NCCCOC2CCC(N)CC2)n1. The summed E-state index contributed by atoms with van der Waals surface area (Å²) in [5.74, 6) is 1.29. The zero-order chi connectivity index (χ0) is 14.9. The van der Waals surface area contributed by atoms with Gasteiger partial charge in [-0.3, -0.25) is 4.98 Å². The second-order valence-electron chi connectivity index (χ2n) is 5.36. The van der Waals surface area contributed by atoms with Gasteiger partial charge in [-0.25, -0.2) is 0 Å². The van der Waals surface area contributed by atoms with Crippen molar-refractivity contribution in [2.45, 2.75) is 51.2 Å². The summed E-state index contributed by atoms with van der Waals surface area (Å²) in [7, 11) is 0. The highest BCUT2D eigenvalue weighted by atomic mass is 16.5. The summed E-state index contributed by atoms with van der Waals surface area (Å²) in [6.07, 6.45) is 9.02. The second-order valence-corrected chi connectivity index (χ2v) is 5.36. The van der Waals surface area contributed by atoms with Crippen LogP contribution < -0.4 is 15.8 Å². The molecule has 0 saturated heterocycles. The Bertz CT molecular complexity index is 408. The van der Waals surface area contributed by atoms with Gasteiger partial charge in [-0.05, 0) is 39.0 Å². The van der Waals surface area contributed by atoms with Crippen molar-refractivity contribution in [1.29, 1.82) is 0 Å². The fraction of sp³-hybridized carbons (Fsp3) is 0.733. The highest BCUT2D eigenvalue weighted by Crippen LogP contribution is 2.19. The number of ether oxygens (including phenoxy) is 2. The molecule has 1 aromatic rings. The minimum atomic E-state index is 0.378. The van der Waals surface area contributed by atoms with Gasteiger partial charge < -0.3 is 20.5 Å². The standard InChI is InChI=1S/C15H26N4O2/c1-2-20-15-11-17-10-14(19-15)18-8-3-9-21-13-6-4-12(16)5-7-13/h10-13H,2-9,16H2,1H3,(H,18,19). The van der Waals surface area contributed by atoms with Crippen molar-refractivity contribution in [3.8, 4) is 5.88 Å². The van der Waals surface area contributed by atoms with Crippen LogP contribution in [0.5, 0.6) is 5.88 Å². The molecular weight excluding hydrogens is 268 g/mol. The lowest BCUT2D eigenvalue weighted by Gasteiger charge is -2.26. The molecule has 0 bridgehead atoms. The minimum absolute atomic E-state index is 0.378. The zero-order valence-electron chi connectivity index (χ0n) is 12.8. The molecule has 0 spiro atoms. The first-order chi connectivity index (χ1) is 10.3. The summed E-state index contributed by atoms with van der Waals surface area (Å²) >= 11 is 0. The van der Waals surface area contributed by atoms with E-state index in [1.165, 1.54) is 0 Å². The Labute approximate surface area is 126 Å². The number of rotatable bonds is 8. The predicted molar refractivity (Wildman–Crippen MR) is 82.5 cm³/mol. The van der Waals surface area contributed by atoms with E-state index < -0.39 is 0 Å². The number of nitrogens with zero attached hydrogens (tertiary/aromatic N) is 2. The maximum atomic E-state index is 5.88. The topological polar surface area (TPSA) is 82.3 Å². The summed E-state index contributed by atoms with van der Waals surface area (Å²) in [5, 5.41) is 3.23. The Hall–Kier alpha value is -1.40. The van der Waals surface area contributed by atoms with Gasteiger partial charge in [0.15, 0.2) is 0 Å². The smallest absolute Gasteiger partial charge is 0.234 e. The number of nitrogens with one attached hydrogen (secondary N) is 1. The van der Waals surface area contributed by atoms with Crippen LogP contribution >= 0.6 is 0 Å². The van der Waals surface area contributed by atoms with Crippen LogP contribution in [0.15, 0.2) is 12.4 Å². The van der Waals surface area contributed by atoms with Crippen LogP contribution in [0.4, 0.5) is 5.82 Å². The van der Waals surface area contributed by atoms with Crippen molar-refractivity contribution < 1.29 is 9.47 Å². The molecule has 1 heterocycles. The van der Waals surface area contributed by atoms with E-state index in [9.17, 15) is 0 Å². The van der Waals surface area contributed by atoms with E-state index in [2.05, 4.69) is 15.3 Å². The Morgan fingerprint density at radius 1 is 1.29 bits per heavy atom. The Morgan fingerprint density at radius 2 is 2.10 bits per heavy atom. The molecule has 0 amide bonds. The molecule has 1 aromatic heterocycles. The molecule has 21 heavy (non-hydrogen) atoms. The van der Waals surface area contributed by atoms with Crippen LogP contribution in [0.3, 0.4) is 0 Å². The van der Waals surface area contributed by atoms with Gasteiger partial charge in [0.05, 0.1) is 25.1 Å².